The van der Waals surface area contributed by atoms with Gasteiger partial charge < -0.3 is 0 Å². The summed E-state index contributed by atoms with van der Waals surface area (Å²) in [5.41, 5.74) is 14.4. The first-order chi connectivity index (χ1) is 26.3. The van der Waals surface area contributed by atoms with Crippen molar-refractivity contribution in [3.8, 4) is 44.5 Å². The minimum Gasteiger partial charge on any atom is -0.0686 e. The van der Waals surface area contributed by atoms with E-state index >= 15 is 0 Å². The van der Waals surface area contributed by atoms with Crippen molar-refractivity contribution in [1.29, 1.82) is 0 Å². The van der Waals surface area contributed by atoms with E-state index in [1.54, 1.807) is 0 Å². The molecule has 0 amide bonds. The van der Waals surface area contributed by atoms with Crippen LogP contribution in [0.15, 0.2) is 200 Å². The van der Waals surface area contributed by atoms with Crippen LogP contribution in [0.1, 0.15) is 0 Å². The quantitative estimate of drug-likeness (QED) is 0.129. The second-order valence-electron chi connectivity index (χ2n) is 14.3. The van der Waals surface area contributed by atoms with Crippen molar-refractivity contribution in [3.63, 3.8) is 0 Å². The lowest BCUT2D eigenvalue weighted by Gasteiger charge is -2.21. The maximum absolute atomic E-state index is 2.48. The van der Waals surface area contributed by atoms with Gasteiger partial charge in [0.1, 0.15) is 0 Å². The zero-order chi connectivity index (χ0) is 34.9. The van der Waals surface area contributed by atoms with Gasteiger partial charge in [-0.2, -0.15) is 0 Å². The molecule has 53 heavy (non-hydrogen) atoms. The Kier molecular flexibility index (Phi) is 6.75. The fourth-order valence-electron chi connectivity index (χ4n) is 9.32. The highest BCUT2D eigenvalue weighted by Gasteiger charge is 2.36. The van der Waals surface area contributed by atoms with Crippen LogP contribution in [0.5, 0.6) is 0 Å². The fourth-order valence-corrected chi connectivity index (χ4v) is 9.32. The van der Waals surface area contributed by atoms with Gasteiger partial charge in [0.25, 0.3) is 0 Å². The van der Waals surface area contributed by atoms with Crippen LogP contribution in [-0.4, -0.2) is 6.71 Å². The number of hydrogen-bond acceptors (Lipinski definition) is 0. The van der Waals surface area contributed by atoms with Crippen molar-refractivity contribution in [2.45, 2.75) is 0 Å². The standard InChI is InChI=1S/C52H33B/c1-2-19-36(20-3-1)53-50-32-9-8-23-43(50)46-30-14-31-47(52(46)53)51-44-28-12-26-41(39-24-10-17-34-15-4-6-21-37(34)39)48(44)33-49-42(27-13-29-45(49)51)40-25-11-18-35-16-5-7-22-38(35)40/h1-33H. The molecule has 11 rings (SSSR count). The lowest BCUT2D eigenvalue weighted by molar-refractivity contribution is 1.66. The van der Waals surface area contributed by atoms with Gasteiger partial charge in [0, 0.05) is 0 Å². The van der Waals surface area contributed by atoms with E-state index in [0.29, 0.717) is 0 Å². The van der Waals surface area contributed by atoms with Crippen molar-refractivity contribution in [1.82, 2.24) is 0 Å². The Morgan fingerprint density at radius 2 is 0.679 bits per heavy atom. The molecule has 0 N–H and O–H groups in total. The average Bonchev–Trinajstić information content (AvgIpc) is 3.57. The third-order valence-corrected chi connectivity index (χ3v) is 11.6. The van der Waals surface area contributed by atoms with Crippen molar-refractivity contribution < 1.29 is 0 Å². The van der Waals surface area contributed by atoms with Crippen LogP contribution < -0.4 is 16.4 Å². The van der Waals surface area contributed by atoms with Crippen molar-refractivity contribution in [2.24, 2.45) is 0 Å². The fraction of sp³-hybridized carbons (Fsp3) is 0. The molecule has 10 aromatic carbocycles. The van der Waals surface area contributed by atoms with Gasteiger partial charge in [0.2, 0.25) is 6.71 Å². The largest absolute Gasteiger partial charge is 0.243 e. The topological polar surface area (TPSA) is 0 Å². The molecule has 1 aliphatic rings. The molecule has 0 aliphatic carbocycles. The van der Waals surface area contributed by atoms with Crippen LogP contribution in [-0.2, 0) is 0 Å². The molecule has 0 radical (unpaired) electrons. The maximum Gasteiger partial charge on any atom is 0.243 e. The molecular formula is C52H33B. The monoisotopic (exact) mass is 668 g/mol. The molecule has 0 aromatic heterocycles. The van der Waals surface area contributed by atoms with E-state index in [2.05, 4.69) is 200 Å². The molecule has 1 aliphatic heterocycles. The first kappa shape index (κ1) is 30.0. The van der Waals surface area contributed by atoms with Gasteiger partial charge in [-0.15, -0.1) is 0 Å². The molecule has 0 unspecified atom stereocenters. The van der Waals surface area contributed by atoms with E-state index in [4.69, 9.17) is 0 Å². The van der Waals surface area contributed by atoms with Gasteiger partial charge >= 0.3 is 0 Å². The molecule has 0 atom stereocenters. The zero-order valence-electron chi connectivity index (χ0n) is 29.1. The van der Waals surface area contributed by atoms with Crippen LogP contribution >= 0.6 is 0 Å². The van der Waals surface area contributed by atoms with E-state index in [-0.39, 0.29) is 6.71 Å². The third kappa shape index (κ3) is 4.57. The highest BCUT2D eigenvalue weighted by molar-refractivity contribution is 6.99. The molecule has 0 bridgehead atoms. The van der Waals surface area contributed by atoms with Crippen molar-refractivity contribution in [2.75, 3.05) is 0 Å². The molecule has 1 heteroatoms. The summed E-state index contributed by atoms with van der Waals surface area (Å²) in [5, 5.41) is 10.1. The summed E-state index contributed by atoms with van der Waals surface area (Å²) in [4.78, 5) is 0. The summed E-state index contributed by atoms with van der Waals surface area (Å²) in [6, 6.07) is 74.4. The number of hydrogen-bond donors (Lipinski definition) is 0. The van der Waals surface area contributed by atoms with Crippen molar-refractivity contribution >= 4 is 66.2 Å². The average molecular weight is 669 g/mol. The van der Waals surface area contributed by atoms with Gasteiger partial charge in [-0.1, -0.05) is 211 Å². The van der Waals surface area contributed by atoms with Crippen LogP contribution in [0.25, 0.3) is 87.6 Å². The zero-order valence-corrected chi connectivity index (χ0v) is 29.1. The van der Waals surface area contributed by atoms with Crippen LogP contribution in [0.4, 0.5) is 0 Å². The Morgan fingerprint density at radius 3 is 1.32 bits per heavy atom. The molecule has 0 nitrogen and oxygen atoms in total. The summed E-state index contributed by atoms with van der Waals surface area (Å²) in [6.45, 7) is 0.131. The van der Waals surface area contributed by atoms with Gasteiger partial charge in [-0.05, 0) is 93.7 Å². The molecule has 0 fully saturated rings. The Labute approximate surface area is 309 Å². The second-order valence-corrected chi connectivity index (χ2v) is 14.3. The Balaban J connectivity index is 1.30. The SMILES string of the molecule is c1ccc(B2c3ccccc3-c3cccc(-c4c5cccc(-c6cccc7ccccc67)c5cc5c(-c6cccc7ccccc67)cccc45)c32)cc1. The molecule has 0 saturated heterocycles. The van der Waals surface area contributed by atoms with Crippen LogP contribution in [0.3, 0.4) is 0 Å². The summed E-state index contributed by atoms with van der Waals surface area (Å²) < 4.78 is 0. The molecule has 244 valence electrons. The van der Waals surface area contributed by atoms with Crippen molar-refractivity contribution in [3.05, 3.63) is 200 Å². The minimum atomic E-state index is 0.131. The van der Waals surface area contributed by atoms with Crippen LogP contribution in [0, 0.1) is 0 Å². The first-order valence-electron chi connectivity index (χ1n) is 18.6. The Morgan fingerprint density at radius 1 is 0.264 bits per heavy atom. The smallest absolute Gasteiger partial charge is 0.0686 e. The van der Waals surface area contributed by atoms with E-state index in [9.17, 15) is 0 Å². The highest BCUT2D eigenvalue weighted by atomic mass is 14.3. The van der Waals surface area contributed by atoms with Gasteiger partial charge in [0.15, 0.2) is 0 Å². The molecule has 0 spiro atoms. The van der Waals surface area contributed by atoms with Crippen LogP contribution in [0.2, 0.25) is 0 Å². The Hall–Kier alpha value is -6.70. The van der Waals surface area contributed by atoms with Gasteiger partial charge in [0.05, 0.1) is 0 Å². The van der Waals surface area contributed by atoms with Gasteiger partial charge in [-0.25, -0.2) is 0 Å². The maximum atomic E-state index is 2.48. The molecule has 1 heterocycles. The Bertz CT molecular complexity index is 2920. The predicted molar refractivity (Wildman–Crippen MR) is 229 cm³/mol. The summed E-state index contributed by atoms with van der Waals surface area (Å²) >= 11 is 0. The second kappa shape index (κ2) is 11.9. The predicted octanol–water partition coefficient (Wildman–Crippen LogP) is 11.8. The number of benzene rings is 10. The summed E-state index contributed by atoms with van der Waals surface area (Å²) in [7, 11) is 0. The minimum absolute atomic E-state index is 0.131. The normalized spacial score (nSPS) is 12.1. The molecular weight excluding hydrogens is 635 g/mol. The molecule has 0 saturated carbocycles. The first-order valence-corrected chi connectivity index (χ1v) is 18.6. The summed E-state index contributed by atoms with van der Waals surface area (Å²) in [5.74, 6) is 0. The lowest BCUT2D eigenvalue weighted by atomic mass is 9.38. The number of fused-ring (bicyclic) bond motifs is 7. The number of rotatable bonds is 4. The molecule has 10 aromatic rings. The van der Waals surface area contributed by atoms with E-state index < -0.39 is 0 Å². The van der Waals surface area contributed by atoms with Gasteiger partial charge in [-0.3, -0.25) is 0 Å². The third-order valence-electron chi connectivity index (χ3n) is 11.6. The van der Waals surface area contributed by atoms with E-state index in [0.717, 1.165) is 0 Å². The van der Waals surface area contributed by atoms with E-state index in [1.165, 1.54) is 104 Å². The highest BCUT2D eigenvalue weighted by Crippen LogP contribution is 2.45. The van der Waals surface area contributed by atoms with E-state index in [1.807, 2.05) is 0 Å². The summed E-state index contributed by atoms with van der Waals surface area (Å²) in [6.07, 6.45) is 0. The lowest BCUT2D eigenvalue weighted by Crippen LogP contribution is -2.49.